The lowest BCUT2D eigenvalue weighted by Gasteiger charge is -2.38. The number of amides is 1. The van der Waals surface area contributed by atoms with E-state index in [1.165, 1.54) is 0 Å². The number of piperidine rings is 1. The largest absolute Gasteiger partial charge is 0.362 e. The first-order valence-corrected chi connectivity index (χ1v) is 9.34. The summed E-state index contributed by atoms with van der Waals surface area (Å²) in [6.45, 7) is 4.84. The van der Waals surface area contributed by atoms with Crippen LogP contribution in [0.4, 0.5) is 0 Å². The third-order valence-corrected chi connectivity index (χ3v) is 5.48. The van der Waals surface area contributed by atoms with E-state index < -0.39 is 0 Å². The molecule has 4 rings (SSSR count). The number of rotatable bonds is 2. The molecule has 0 aliphatic carbocycles. The maximum atomic E-state index is 12.4. The molecule has 2 saturated heterocycles. The number of nitrogens with zero attached hydrogens (tertiary/aromatic N) is 7. The van der Waals surface area contributed by atoms with Crippen molar-refractivity contribution in [2.24, 2.45) is 15.9 Å². The van der Waals surface area contributed by atoms with Crippen LogP contribution in [0, 0.1) is 5.92 Å². The Hall–Kier alpha value is -2.06. The number of aromatic nitrogens is 2. The van der Waals surface area contributed by atoms with Crippen LogP contribution >= 0.6 is 11.6 Å². The van der Waals surface area contributed by atoms with Crippen LogP contribution in [0.1, 0.15) is 18.5 Å². The Morgan fingerprint density at radius 3 is 2.65 bits per heavy atom. The highest BCUT2D eigenvalue weighted by atomic mass is 35.5. The van der Waals surface area contributed by atoms with Crippen molar-refractivity contribution in [1.82, 2.24) is 24.7 Å². The summed E-state index contributed by atoms with van der Waals surface area (Å²) in [6, 6.07) is 0. The number of carbonyl (C=O) groups excluding carboxylic acids is 1. The molecule has 0 saturated carbocycles. The fraction of sp³-hybridized carbons (Fsp3) is 0.588. The summed E-state index contributed by atoms with van der Waals surface area (Å²) in [6.07, 6.45) is 5.12. The highest BCUT2D eigenvalue weighted by molar-refractivity contribution is 6.29. The molecular formula is C17H22ClN7O. The van der Waals surface area contributed by atoms with Crippen molar-refractivity contribution in [1.29, 1.82) is 0 Å². The molecule has 1 aromatic heterocycles. The number of hydrogen-bond acceptors (Lipinski definition) is 7. The second kappa shape index (κ2) is 7.28. The first-order chi connectivity index (χ1) is 12.6. The van der Waals surface area contributed by atoms with Crippen LogP contribution in [0.15, 0.2) is 22.4 Å². The van der Waals surface area contributed by atoms with E-state index >= 15 is 0 Å². The van der Waals surface area contributed by atoms with E-state index in [0.29, 0.717) is 17.7 Å². The molecule has 1 atom stereocenters. The molecule has 8 nitrogen and oxygen atoms in total. The third kappa shape index (κ3) is 3.43. The second-order valence-corrected chi connectivity index (χ2v) is 7.25. The van der Waals surface area contributed by atoms with Crippen molar-refractivity contribution < 1.29 is 4.79 Å². The Balaban J connectivity index is 1.40. The molecule has 0 bridgehead atoms. The molecular weight excluding hydrogens is 354 g/mol. The third-order valence-electron chi connectivity index (χ3n) is 5.16. The number of aliphatic imine (C=N–C) groups is 2. The minimum atomic E-state index is -0.155. The molecule has 138 valence electrons. The van der Waals surface area contributed by atoms with Gasteiger partial charge in [-0.2, -0.15) is 9.98 Å². The number of halogens is 1. The molecule has 26 heavy (non-hydrogen) atoms. The van der Waals surface area contributed by atoms with Gasteiger partial charge < -0.3 is 9.80 Å². The Bertz CT molecular complexity index is 757. The highest BCUT2D eigenvalue weighted by Crippen LogP contribution is 2.23. The average Bonchev–Trinajstić information content (AvgIpc) is 2.65. The van der Waals surface area contributed by atoms with E-state index in [-0.39, 0.29) is 11.8 Å². The average molecular weight is 376 g/mol. The van der Waals surface area contributed by atoms with Crippen molar-refractivity contribution in [2.45, 2.75) is 19.4 Å². The lowest BCUT2D eigenvalue weighted by molar-refractivity contribution is -0.120. The summed E-state index contributed by atoms with van der Waals surface area (Å²) in [5.74, 6) is 1.23. The zero-order valence-corrected chi connectivity index (χ0v) is 15.6. The molecule has 0 spiro atoms. The predicted octanol–water partition coefficient (Wildman–Crippen LogP) is 0.884. The van der Waals surface area contributed by atoms with E-state index in [1.54, 1.807) is 12.4 Å². The molecule has 1 amide bonds. The van der Waals surface area contributed by atoms with Gasteiger partial charge in [0.25, 0.3) is 5.91 Å². The van der Waals surface area contributed by atoms with Gasteiger partial charge in [-0.1, -0.05) is 11.6 Å². The van der Waals surface area contributed by atoms with Gasteiger partial charge in [-0.05, 0) is 12.8 Å². The monoisotopic (exact) mass is 375 g/mol. The molecule has 2 fully saturated rings. The van der Waals surface area contributed by atoms with Crippen LogP contribution in [0.3, 0.4) is 0 Å². The first kappa shape index (κ1) is 17.4. The van der Waals surface area contributed by atoms with Gasteiger partial charge in [0.15, 0.2) is 5.15 Å². The van der Waals surface area contributed by atoms with Crippen molar-refractivity contribution in [3.63, 3.8) is 0 Å². The van der Waals surface area contributed by atoms with Gasteiger partial charge in [0.2, 0.25) is 5.96 Å². The fourth-order valence-electron chi connectivity index (χ4n) is 3.66. The van der Waals surface area contributed by atoms with E-state index in [4.69, 9.17) is 16.6 Å². The smallest absolute Gasteiger partial charge is 0.259 e. The first-order valence-electron chi connectivity index (χ1n) is 8.97. The predicted molar refractivity (Wildman–Crippen MR) is 99.1 cm³/mol. The topological polar surface area (TPSA) is 77.3 Å². The molecule has 4 heterocycles. The van der Waals surface area contributed by atoms with Gasteiger partial charge in [-0.25, -0.2) is 4.98 Å². The number of hydrogen-bond donors (Lipinski definition) is 0. The lowest BCUT2D eigenvalue weighted by atomic mass is 9.95. The van der Waals surface area contributed by atoms with Crippen LogP contribution in [0.2, 0.25) is 5.15 Å². The highest BCUT2D eigenvalue weighted by Gasteiger charge is 2.35. The summed E-state index contributed by atoms with van der Waals surface area (Å²) in [7, 11) is 2.00. The summed E-state index contributed by atoms with van der Waals surface area (Å²) in [5.41, 5.74) is 0.791. The molecule has 1 aromatic rings. The van der Waals surface area contributed by atoms with E-state index in [1.807, 2.05) is 7.05 Å². The Morgan fingerprint density at radius 2 is 1.88 bits per heavy atom. The number of carbonyl (C=O) groups is 1. The molecule has 3 aliphatic rings. The van der Waals surface area contributed by atoms with E-state index in [2.05, 4.69) is 29.7 Å². The molecule has 9 heteroatoms. The van der Waals surface area contributed by atoms with Crippen LogP contribution in [-0.2, 0) is 11.3 Å². The number of piperazine rings is 1. The summed E-state index contributed by atoms with van der Waals surface area (Å²) < 4.78 is 0. The molecule has 3 aliphatic heterocycles. The molecule has 0 aromatic carbocycles. The van der Waals surface area contributed by atoms with Gasteiger partial charge in [0, 0.05) is 58.7 Å². The normalized spacial score (nSPS) is 24.2. The fourth-order valence-corrected chi connectivity index (χ4v) is 3.82. The number of fused-ring (bicyclic) bond motifs is 1. The van der Waals surface area contributed by atoms with E-state index in [0.717, 1.165) is 57.1 Å². The standard InChI is InChI=1S/C17H22ClN7O/c1-23-6-2-3-12-15(23)21-17(22-16(12)26)25-9-7-24(8-10-25)11-13-14(18)20-5-4-19-13/h4-5,12H,2-3,6-11H2,1H3. The van der Waals surface area contributed by atoms with Crippen molar-refractivity contribution in [3.8, 4) is 0 Å². The summed E-state index contributed by atoms with van der Waals surface area (Å²) in [4.78, 5) is 36.2. The van der Waals surface area contributed by atoms with Gasteiger partial charge in [0.1, 0.15) is 5.84 Å². The molecule has 0 radical (unpaired) electrons. The Kier molecular flexibility index (Phi) is 4.86. The molecule has 0 N–H and O–H groups in total. The van der Waals surface area contributed by atoms with Crippen LogP contribution < -0.4 is 0 Å². The summed E-state index contributed by atoms with van der Waals surface area (Å²) in [5, 5.41) is 0.454. The summed E-state index contributed by atoms with van der Waals surface area (Å²) >= 11 is 6.10. The van der Waals surface area contributed by atoms with E-state index in [9.17, 15) is 4.79 Å². The van der Waals surface area contributed by atoms with Gasteiger partial charge in [0.05, 0.1) is 11.6 Å². The SMILES string of the molecule is CN1CCCC2C(=O)N=C(N3CCN(Cc4nccnc4Cl)CC3)N=C21. The zero-order chi connectivity index (χ0) is 18.1. The molecule has 1 unspecified atom stereocenters. The number of guanidine groups is 1. The number of likely N-dealkylation sites (tertiary alicyclic amines) is 1. The van der Waals surface area contributed by atoms with Gasteiger partial charge >= 0.3 is 0 Å². The minimum absolute atomic E-state index is 0.0506. The van der Waals surface area contributed by atoms with Crippen LogP contribution in [-0.4, -0.2) is 82.1 Å². The Labute approximate surface area is 157 Å². The number of amidine groups is 1. The van der Waals surface area contributed by atoms with Crippen LogP contribution in [0.25, 0.3) is 0 Å². The maximum Gasteiger partial charge on any atom is 0.259 e. The maximum absolute atomic E-state index is 12.4. The van der Waals surface area contributed by atoms with Crippen LogP contribution in [0.5, 0.6) is 0 Å². The van der Waals surface area contributed by atoms with Crippen molar-refractivity contribution >= 4 is 29.3 Å². The van der Waals surface area contributed by atoms with Crippen molar-refractivity contribution in [3.05, 3.63) is 23.2 Å². The second-order valence-electron chi connectivity index (χ2n) is 6.89. The quantitative estimate of drug-likeness (QED) is 0.763. The lowest BCUT2D eigenvalue weighted by Crippen LogP contribution is -2.51. The van der Waals surface area contributed by atoms with Crippen molar-refractivity contribution in [2.75, 3.05) is 39.8 Å². The minimum Gasteiger partial charge on any atom is -0.362 e. The Morgan fingerprint density at radius 1 is 1.12 bits per heavy atom. The van der Waals surface area contributed by atoms with Gasteiger partial charge in [-0.15, -0.1) is 0 Å². The zero-order valence-electron chi connectivity index (χ0n) is 14.8. The van der Waals surface area contributed by atoms with Gasteiger partial charge in [-0.3, -0.25) is 14.7 Å².